The van der Waals surface area contributed by atoms with Crippen molar-refractivity contribution in [3.8, 4) is 5.75 Å². The smallest absolute Gasteiger partial charge is 0.223 e. The van der Waals surface area contributed by atoms with E-state index in [1.165, 1.54) is 11.1 Å². The van der Waals surface area contributed by atoms with Crippen molar-refractivity contribution < 1.29 is 9.53 Å². The van der Waals surface area contributed by atoms with Crippen molar-refractivity contribution in [2.45, 2.75) is 39.2 Å². The minimum absolute atomic E-state index is 0.223. The number of carbonyl (C=O) groups excluding carboxylic acids is 1. The van der Waals surface area contributed by atoms with Gasteiger partial charge in [0.2, 0.25) is 5.91 Å². The first-order valence-electron chi connectivity index (χ1n) is 8.75. The Bertz CT molecular complexity index is 768. The third-order valence-corrected chi connectivity index (χ3v) is 5.15. The molecule has 2 N–H and O–H groups in total. The summed E-state index contributed by atoms with van der Waals surface area (Å²) in [5, 5.41) is 0. The lowest BCUT2D eigenvalue weighted by Crippen LogP contribution is -2.37. The maximum atomic E-state index is 12.6. The second-order valence-corrected chi connectivity index (χ2v) is 6.92. The average molecular weight is 338 g/mol. The lowest BCUT2D eigenvalue weighted by atomic mass is 9.85. The van der Waals surface area contributed by atoms with E-state index in [2.05, 4.69) is 13.0 Å². The predicted molar refractivity (Wildman–Crippen MR) is 101 cm³/mol. The number of nitrogens with two attached hydrogens (primary N) is 1. The van der Waals surface area contributed by atoms with Crippen LogP contribution in [0.4, 0.5) is 5.69 Å². The number of hydrogen-bond acceptors (Lipinski definition) is 3. The molecule has 3 rings (SSSR count). The maximum Gasteiger partial charge on any atom is 0.223 e. The minimum atomic E-state index is 0.223. The van der Waals surface area contributed by atoms with Gasteiger partial charge in [0, 0.05) is 25.2 Å². The van der Waals surface area contributed by atoms with Gasteiger partial charge in [0.05, 0.1) is 7.11 Å². The molecule has 4 nitrogen and oxygen atoms in total. The van der Waals surface area contributed by atoms with Gasteiger partial charge in [-0.05, 0) is 66.6 Å². The third kappa shape index (κ3) is 3.78. The van der Waals surface area contributed by atoms with Crippen molar-refractivity contribution in [1.82, 2.24) is 4.90 Å². The van der Waals surface area contributed by atoms with Gasteiger partial charge < -0.3 is 15.4 Å². The van der Waals surface area contributed by atoms with E-state index in [0.717, 1.165) is 35.5 Å². The number of benzene rings is 2. The van der Waals surface area contributed by atoms with Crippen molar-refractivity contribution in [1.29, 1.82) is 0 Å². The molecule has 1 fully saturated rings. The number of methoxy groups -OCH3 is 1. The van der Waals surface area contributed by atoms with Gasteiger partial charge in [-0.1, -0.05) is 18.2 Å². The number of amides is 1. The number of aryl methyl sites for hydroxylation is 2. The molecule has 1 aliphatic rings. The Balaban J connectivity index is 1.68. The van der Waals surface area contributed by atoms with Gasteiger partial charge in [-0.25, -0.2) is 0 Å². The highest BCUT2D eigenvalue weighted by atomic mass is 16.5. The van der Waals surface area contributed by atoms with E-state index < -0.39 is 0 Å². The molecule has 0 radical (unpaired) electrons. The summed E-state index contributed by atoms with van der Waals surface area (Å²) in [4.78, 5) is 14.6. The maximum absolute atomic E-state index is 12.6. The second kappa shape index (κ2) is 7.18. The number of piperidine rings is 1. The normalized spacial score (nSPS) is 17.6. The van der Waals surface area contributed by atoms with Crippen molar-refractivity contribution in [3.63, 3.8) is 0 Å². The van der Waals surface area contributed by atoms with E-state index in [1.807, 2.05) is 42.2 Å². The van der Waals surface area contributed by atoms with E-state index in [0.29, 0.717) is 18.9 Å². The van der Waals surface area contributed by atoms with Gasteiger partial charge in [0.25, 0.3) is 0 Å². The zero-order valence-electron chi connectivity index (χ0n) is 15.2. The molecule has 1 unspecified atom stereocenters. The molecule has 2 aromatic rings. The van der Waals surface area contributed by atoms with Crippen LogP contribution < -0.4 is 10.5 Å². The number of hydrogen-bond donors (Lipinski definition) is 1. The molecule has 0 saturated carbocycles. The standard InChI is InChI=1S/C21H26N2O2/c1-14-11-20(22)15(2)10-19(14)17-8-9-23(21(24)12-17)13-16-4-6-18(25-3)7-5-16/h4-7,10-11,17H,8-9,12-13,22H2,1-3H3. The monoisotopic (exact) mass is 338 g/mol. The lowest BCUT2D eigenvalue weighted by Gasteiger charge is -2.33. The highest BCUT2D eigenvalue weighted by Gasteiger charge is 2.28. The first kappa shape index (κ1) is 17.3. The molecule has 0 aromatic heterocycles. The average Bonchev–Trinajstić information content (AvgIpc) is 2.60. The largest absolute Gasteiger partial charge is 0.497 e. The highest BCUT2D eigenvalue weighted by molar-refractivity contribution is 5.78. The van der Waals surface area contributed by atoms with Gasteiger partial charge in [-0.15, -0.1) is 0 Å². The van der Waals surface area contributed by atoms with E-state index in [-0.39, 0.29) is 5.91 Å². The zero-order valence-corrected chi connectivity index (χ0v) is 15.2. The number of likely N-dealkylation sites (tertiary alicyclic amines) is 1. The Morgan fingerprint density at radius 2 is 1.88 bits per heavy atom. The summed E-state index contributed by atoms with van der Waals surface area (Å²) < 4.78 is 5.18. The SMILES string of the molecule is COc1ccc(CN2CCC(c3cc(C)c(N)cc3C)CC2=O)cc1. The molecular formula is C21H26N2O2. The third-order valence-electron chi connectivity index (χ3n) is 5.15. The molecule has 0 bridgehead atoms. The van der Waals surface area contributed by atoms with E-state index in [4.69, 9.17) is 10.5 Å². The van der Waals surface area contributed by atoms with Crippen LogP contribution in [0.3, 0.4) is 0 Å². The van der Waals surface area contributed by atoms with Gasteiger partial charge in [-0.3, -0.25) is 4.79 Å². The van der Waals surface area contributed by atoms with Crippen molar-refractivity contribution in [3.05, 3.63) is 58.7 Å². The van der Waals surface area contributed by atoms with Crippen LogP contribution in [0.1, 0.15) is 41.0 Å². The van der Waals surface area contributed by atoms with Crippen LogP contribution in [0.2, 0.25) is 0 Å². The van der Waals surface area contributed by atoms with Crippen LogP contribution in [0.5, 0.6) is 5.75 Å². The van der Waals surface area contributed by atoms with Crippen LogP contribution in [0.25, 0.3) is 0 Å². The Morgan fingerprint density at radius 1 is 1.16 bits per heavy atom. The fraction of sp³-hybridized carbons (Fsp3) is 0.381. The summed E-state index contributed by atoms with van der Waals surface area (Å²) in [5.74, 6) is 1.35. The molecule has 0 spiro atoms. The molecule has 25 heavy (non-hydrogen) atoms. The molecule has 0 aliphatic carbocycles. The molecule has 1 amide bonds. The molecule has 1 atom stereocenters. The Hall–Kier alpha value is -2.49. The summed E-state index contributed by atoms with van der Waals surface area (Å²) in [6, 6.07) is 12.1. The van der Waals surface area contributed by atoms with E-state index >= 15 is 0 Å². The molecule has 1 heterocycles. The number of carbonyl (C=O) groups is 1. The Morgan fingerprint density at radius 3 is 2.52 bits per heavy atom. The van der Waals surface area contributed by atoms with Crippen molar-refractivity contribution >= 4 is 11.6 Å². The highest BCUT2D eigenvalue weighted by Crippen LogP contribution is 2.33. The van der Waals surface area contributed by atoms with Crippen LogP contribution in [-0.4, -0.2) is 24.5 Å². The fourth-order valence-electron chi connectivity index (χ4n) is 3.56. The fourth-order valence-corrected chi connectivity index (χ4v) is 3.56. The summed E-state index contributed by atoms with van der Waals surface area (Å²) in [7, 11) is 1.66. The van der Waals surface area contributed by atoms with Gasteiger partial charge in [-0.2, -0.15) is 0 Å². The minimum Gasteiger partial charge on any atom is -0.497 e. The first-order valence-corrected chi connectivity index (χ1v) is 8.75. The zero-order chi connectivity index (χ0) is 18.0. The Kier molecular flexibility index (Phi) is 4.98. The van der Waals surface area contributed by atoms with Crippen molar-refractivity contribution in [2.75, 3.05) is 19.4 Å². The molecule has 2 aromatic carbocycles. The van der Waals surface area contributed by atoms with Gasteiger partial charge >= 0.3 is 0 Å². The Labute approximate surface area is 149 Å². The molecule has 1 aliphatic heterocycles. The topological polar surface area (TPSA) is 55.6 Å². The van der Waals surface area contributed by atoms with Crippen LogP contribution in [-0.2, 0) is 11.3 Å². The summed E-state index contributed by atoms with van der Waals surface area (Å²) in [6.07, 6.45) is 1.56. The van der Waals surface area contributed by atoms with Crippen LogP contribution in [0, 0.1) is 13.8 Å². The number of nitrogen functional groups attached to an aromatic ring is 1. The van der Waals surface area contributed by atoms with E-state index in [1.54, 1.807) is 7.11 Å². The number of anilines is 1. The first-order chi connectivity index (χ1) is 12.0. The summed E-state index contributed by atoms with van der Waals surface area (Å²) >= 11 is 0. The summed E-state index contributed by atoms with van der Waals surface area (Å²) in [5.41, 5.74) is 11.5. The summed E-state index contributed by atoms with van der Waals surface area (Å²) in [6.45, 7) is 5.56. The van der Waals surface area contributed by atoms with Crippen LogP contribution in [0.15, 0.2) is 36.4 Å². The van der Waals surface area contributed by atoms with Gasteiger partial charge in [0.1, 0.15) is 5.75 Å². The number of ether oxygens (including phenoxy) is 1. The quantitative estimate of drug-likeness (QED) is 0.863. The van der Waals surface area contributed by atoms with Crippen molar-refractivity contribution in [2.24, 2.45) is 0 Å². The number of nitrogens with zero attached hydrogens (tertiary/aromatic N) is 1. The predicted octanol–water partition coefficient (Wildman–Crippen LogP) is 3.80. The van der Waals surface area contributed by atoms with Crippen LogP contribution >= 0.6 is 0 Å². The molecule has 132 valence electrons. The van der Waals surface area contributed by atoms with E-state index in [9.17, 15) is 4.79 Å². The lowest BCUT2D eigenvalue weighted by molar-refractivity contribution is -0.134. The van der Waals surface area contributed by atoms with Gasteiger partial charge in [0.15, 0.2) is 0 Å². The number of rotatable bonds is 4. The molecular weight excluding hydrogens is 312 g/mol. The molecule has 1 saturated heterocycles. The second-order valence-electron chi connectivity index (χ2n) is 6.92. The molecule has 4 heteroatoms.